The Kier molecular flexibility index (Phi) is 7.56. The second-order valence-electron chi connectivity index (χ2n) is 8.64. The molecule has 4 aromatic rings. The lowest BCUT2D eigenvalue weighted by molar-refractivity contribution is -0.0277. The number of hydrogen-bond acceptors (Lipinski definition) is 8. The number of sulfonamides is 1. The zero-order valence-corrected chi connectivity index (χ0v) is 21.9. The van der Waals surface area contributed by atoms with E-state index in [4.69, 9.17) is 5.73 Å². The number of carbonyl (C=O) groups is 1. The SMILES string of the molecule is CCS(=O)(=O)Nc1ncccc1CNc1nc(-c2cc(F)c(O)cc2C(F)(F)CF)cc2c1c(C(N)=O)nn2C. The maximum absolute atomic E-state index is 14.5. The third-order valence-electron chi connectivity index (χ3n) is 5.96. The Morgan fingerprint density at radius 3 is 2.60 bits per heavy atom. The van der Waals surface area contributed by atoms with E-state index >= 15 is 0 Å². The molecular weight excluding hydrogens is 558 g/mol. The fraction of sp³-hybridized carbons (Fsp3) is 0.250. The number of phenolic OH excluding ortho intramolecular Hbond substituents is 1. The van der Waals surface area contributed by atoms with Gasteiger partial charge >= 0.3 is 5.92 Å². The maximum Gasteiger partial charge on any atom is 0.301 e. The summed E-state index contributed by atoms with van der Waals surface area (Å²) >= 11 is 0. The smallest absolute Gasteiger partial charge is 0.301 e. The highest BCUT2D eigenvalue weighted by Crippen LogP contribution is 2.40. The van der Waals surface area contributed by atoms with Crippen LogP contribution < -0.4 is 15.8 Å². The fourth-order valence-electron chi connectivity index (χ4n) is 3.93. The van der Waals surface area contributed by atoms with Crippen LogP contribution in [0.5, 0.6) is 5.75 Å². The second kappa shape index (κ2) is 10.6. The first-order valence-corrected chi connectivity index (χ1v) is 13.3. The number of alkyl halides is 3. The van der Waals surface area contributed by atoms with Gasteiger partial charge in [0, 0.05) is 36.5 Å². The van der Waals surface area contributed by atoms with Crippen LogP contribution in [0.4, 0.5) is 29.2 Å². The van der Waals surface area contributed by atoms with E-state index < -0.39 is 51.2 Å². The monoisotopic (exact) mass is 581 g/mol. The Bertz CT molecular complexity index is 1730. The molecule has 1 amide bonds. The van der Waals surface area contributed by atoms with Crippen LogP contribution in [-0.2, 0) is 29.5 Å². The maximum atomic E-state index is 14.5. The number of anilines is 2. The lowest BCUT2D eigenvalue weighted by Crippen LogP contribution is -2.18. The number of aryl methyl sites for hydroxylation is 1. The van der Waals surface area contributed by atoms with Gasteiger partial charge in [-0.3, -0.25) is 14.2 Å². The van der Waals surface area contributed by atoms with Gasteiger partial charge in [-0.05, 0) is 31.2 Å². The summed E-state index contributed by atoms with van der Waals surface area (Å²) in [5.41, 5.74) is 3.97. The van der Waals surface area contributed by atoms with Crippen molar-refractivity contribution in [1.82, 2.24) is 19.7 Å². The number of benzene rings is 1. The standard InChI is InChI=1S/C24H23F4N7O4S/c1-3-40(38,39)34-22-12(5-4-6-30-22)10-31-23-19-17(35(2)33-20(19)21(29)37)9-16(32-23)13-7-15(26)18(36)8-14(13)24(27,28)11-25/h4-9,36H,3,10-11H2,1-2H3,(H2,29,37)(H,30,34)(H,31,32). The Morgan fingerprint density at radius 2 is 1.95 bits per heavy atom. The van der Waals surface area contributed by atoms with Crippen molar-refractivity contribution in [3.8, 4) is 17.0 Å². The van der Waals surface area contributed by atoms with Crippen LogP contribution >= 0.6 is 0 Å². The minimum Gasteiger partial charge on any atom is -0.505 e. The lowest BCUT2D eigenvalue weighted by Gasteiger charge is -2.19. The largest absolute Gasteiger partial charge is 0.505 e. The Morgan fingerprint density at radius 1 is 1.23 bits per heavy atom. The molecule has 0 saturated heterocycles. The molecule has 16 heteroatoms. The summed E-state index contributed by atoms with van der Waals surface area (Å²) < 4.78 is 84.5. The number of nitrogens with zero attached hydrogens (tertiary/aromatic N) is 4. The van der Waals surface area contributed by atoms with E-state index in [9.17, 15) is 35.9 Å². The molecule has 0 aliphatic heterocycles. The zero-order chi connectivity index (χ0) is 29.4. The first-order valence-electron chi connectivity index (χ1n) is 11.6. The van der Waals surface area contributed by atoms with E-state index in [1.165, 1.54) is 30.9 Å². The molecule has 4 rings (SSSR count). The number of nitrogens with two attached hydrogens (primary N) is 1. The average Bonchev–Trinajstić information content (AvgIpc) is 3.25. The molecule has 0 fully saturated rings. The number of phenols is 1. The molecule has 3 heterocycles. The summed E-state index contributed by atoms with van der Waals surface area (Å²) in [6.45, 7) is -0.825. The molecule has 0 aliphatic carbocycles. The number of pyridine rings is 2. The topological polar surface area (TPSA) is 165 Å². The number of nitrogens with one attached hydrogen (secondary N) is 2. The van der Waals surface area contributed by atoms with E-state index in [0.717, 1.165) is 0 Å². The zero-order valence-electron chi connectivity index (χ0n) is 21.0. The summed E-state index contributed by atoms with van der Waals surface area (Å²) in [7, 11) is -2.25. The number of aromatic hydroxyl groups is 1. The van der Waals surface area contributed by atoms with Crippen molar-refractivity contribution in [2.45, 2.75) is 19.4 Å². The van der Waals surface area contributed by atoms with E-state index in [0.29, 0.717) is 17.7 Å². The van der Waals surface area contributed by atoms with Gasteiger partial charge in [0.2, 0.25) is 10.0 Å². The van der Waals surface area contributed by atoms with Crippen molar-refractivity contribution >= 4 is 38.5 Å². The van der Waals surface area contributed by atoms with Gasteiger partial charge in [0.1, 0.15) is 11.6 Å². The average molecular weight is 582 g/mol. The molecule has 1 aromatic carbocycles. The van der Waals surface area contributed by atoms with E-state index in [2.05, 4.69) is 25.1 Å². The molecule has 0 spiro atoms. The van der Waals surface area contributed by atoms with Gasteiger partial charge in [-0.2, -0.15) is 13.9 Å². The summed E-state index contributed by atoms with van der Waals surface area (Å²) in [6.07, 6.45) is 1.37. The molecule has 0 unspecified atom stereocenters. The van der Waals surface area contributed by atoms with Crippen LogP contribution in [0.1, 0.15) is 28.5 Å². The highest BCUT2D eigenvalue weighted by Gasteiger charge is 2.36. The van der Waals surface area contributed by atoms with Gasteiger partial charge in [0.05, 0.1) is 22.3 Å². The minimum atomic E-state index is -4.10. The van der Waals surface area contributed by atoms with Crippen molar-refractivity contribution < 1.29 is 35.9 Å². The molecule has 0 saturated carbocycles. The molecule has 0 bridgehead atoms. The molecule has 212 valence electrons. The molecule has 0 radical (unpaired) electrons. The lowest BCUT2D eigenvalue weighted by atomic mass is 9.97. The number of halogens is 4. The molecule has 5 N–H and O–H groups in total. The van der Waals surface area contributed by atoms with Crippen LogP contribution in [0.15, 0.2) is 36.5 Å². The van der Waals surface area contributed by atoms with Gasteiger partial charge in [-0.15, -0.1) is 0 Å². The Labute approximate surface area is 225 Å². The number of rotatable bonds is 10. The number of fused-ring (bicyclic) bond motifs is 1. The van der Waals surface area contributed by atoms with Gasteiger partial charge in [0.15, 0.2) is 23.9 Å². The van der Waals surface area contributed by atoms with Crippen molar-refractivity contribution in [3.63, 3.8) is 0 Å². The van der Waals surface area contributed by atoms with Gasteiger partial charge in [0.25, 0.3) is 5.91 Å². The van der Waals surface area contributed by atoms with Crippen molar-refractivity contribution in [2.75, 3.05) is 22.5 Å². The van der Waals surface area contributed by atoms with Crippen LogP contribution in [0.25, 0.3) is 22.2 Å². The van der Waals surface area contributed by atoms with Crippen LogP contribution in [-0.4, -0.2) is 51.6 Å². The summed E-state index contributed by atoms with van der Waals surface area (Å²) in [5.74, 6) is -7.70. The highest BCUT2D eigenvalue weighted by molar-refractivity contribution is 7.92. The molecule has 3 aromatic heterocycles. The number of hydrogen-bond donors (Lipinski definition) is 4. The summed E-state index contributed by atoms with van der Waals surface area (Å²) in [6, 6.07) is 5.35. The van der Waals surface area contributed by atoms with Gasteiger partial charge in [-0.25, -0.2) is 27.2 Å². The first kappa shape index (κ1) is 28.5. The number of aromatic nitrogens is 4. The van der Waals surface area contributed by atoms with E-state index in [-0.39, 0.29) is 46.2 Å². The van der Waals surface area contributed by atoms with E-state index in [1.807, 2.05) is 0 Å². The van der Waals surface area contributed by atoms with Crippen LogP contribution in [0.3, 0.4) is 0 Å². The summed E-state index contributed by atoms with van der Waals surface area (Å²) in [5, 5.41) is 16.8. The Hall–Kier alpha value is -4.47. The van der Waals surface area contributed by atoms with Crippen molar-refractivity contribution in [3.05, 3.63) is 59.2 Å². The van der Waals surface area contributed by atoms with Crippen LogP contribution in [0.2, 0.25) is 0 Å². The fourth-order valence-corrected chi connectivity index (χ4v) is 4.56. The predicted octanol–water partition coefficient (Wildman–Crippen LogP) is 3.41. The number of carbonyl (C=O) groups excluding carboxylic acids is 1. The minimum absolute atomic E-state index is 0.0102. The van der Waals surface area contributed by atoms with Gasteiger partial charge < -0.3 is 16.2 Å². The molecular formula is C24H23F4N7O4S. The summed E-state index contributed by atoms with van der Waals surface area (Å²) in [4.78, 5) is 20.5. The van der Waals surface area contributed by atoms with E-state index in [1.54, 1.807) is 12.1 Å². The molecule has 0 atom stereocenters. The molecule has 0 aliphatic rings. The third kappa shape index (κ3) is 5.47. The van der Waals surface area contributed by atoms with Gasteiger partial charge in [-0.1, -0.05) is 6.07 Å². The normalized spacial score (nSPS) is 12.1. The number of amides is 1. The van der Waals surface area contributed by atoms with Crippen molar-refractivity contribution in [2.24, 2.45) is 12.8 Å². The van der Waals surface area contributed by atoms with Crippen molar-refractivity contribution in [1.29, 1.82) is 0 Å². The predicted molar refractivity (Wildman–Crippen MR) is 139 cm³/mol. The molecule has 11 nitrogen and oxygen atoms in total. The molecule has 40 heavy (non-hydrogen) atoms. The van der Waals surface area contributed by atoms with Crippen LogP contribution in [0, 0.1) is 5.82 Å². The quantitative estimate of drug-likeness (QED) is 0.207. The number of primary amides is 1. The third-order valence-corrected chi connectivity index (χ3v) is 7.23. The second-order valence-corrected chi connectivity index (χ2v) is 10.7. The Balaban J connectivity index is 1.90. The highest BCUT2D eigenvalue weighted by atomic mass is 32.2. The first-order chi connectivity index (χ1) is 18.8.